The lowest BCUT2D eigenvalue weighted by atomic mass is 9.79. The van der Waals surface area contributed by atoms with Crippen LogP contribution in [0.5, 0.6) is 0 Å². The monoisotopic (exact) mass is 449 g/mol. The summed E-state index contributed by atoms with van der Waals surface area (Å²) in [6.45, 7) is 7.62. The number of hydrogen-bond donors (Lipinski definition) is 1. The van der Waals surface area contributed by atoms with Gasteiger partial charge in [-0.05, 0) is 72.4 Å². The summed E-state index contributed by atoms with van der Waals surface area (Å²) < 4.78 is 19.8. The molecule has 5 rings (SSSR count). The van der Waals surface area contributed by atoms with Gasteiger partial charge in [-0.3, -0.25) is 4.79 Å². The maximum atomic E-state index is 14.8. The molecule has 0 saturated heterocycles. The Morgan fingerprint density at radius 3 is 2.64 bits per heavy atom. The van der Waals surface area contributed by atoms with Crippen LogP contribution in [0.2, 0.25) is 0 Å². The number of halogens is 1. The number of carbonyl (C=O) groups excluding carboxylic acids is 2. The van der Waals surface area contributed by atoms with Gasteiger partial charge in [-0.2, -0.15) is 0 Å². The van der Waals surface area contributed by atoms with E-state index in [1.54, 1.807) is 6.08 Å². The summed E-state index contributed by atoms with van der Waals surface area (Å²) in [5.74, 6) is -1.71. The van der Waals surface area contributed by atoms with Gasteiger partial charge in [-0.25, -0.2) is 14.2 Å². The number of esters is 1. The number of ether oxygens (including phenoxy) is 1. The number of nitrogens with zero attached hydrogens (tertiary/aromatic N) is 1. The van der Waals surface area contributed by atoms with Crippen molar-refractivity contribution in [2.24, 2.45) is 11.8 Å². The minimum atomic E-state index is -1.50. The lowest BCUT2D eigenvalue weighted by Gasteiger charge is -2.27. The summed E-state index contributed by atoms with van der Waals surface area (Å²) in [5.41, 5.74) is 6.86. The Morgan fingerprint density at radius 1 is 1.18 bits per heavy atom. The maximum absolute atomic E-state index is 14.8. The second-order valence-corrected chi connectivity index (χ2v) is 9.47. The van der Waals surface area contributed by atoms with E-state index in [2.05, 4.69) is 6.92 Å². The first-order valence-electron chi connectivity index (χ1n) is 11.7. The summed E-state index contributed by atoms with van der Waals surface area (Å²) in [6, 6.07) is 1.51. The Labute approximate surface area is 192 Å². The number of aliphatic hydroxyl groups is 1. The number of carbonyl (C=O) groups is 2. The van der Waals surface area contributed by atoms with Crippen LogP contribution in [0.4, 0.5) is 4.39 Å². The summed E-state index contributed by atoms with van der Waals surface area (Å²) in [7, 11) is 0. The van der Waals surface area contributed by atoms with E-state index in [1.807, 2.05) is 20.8 Å². The molecule has 1 aliphatic heterocycles. The number of aliphatic hydroxyl groups excluding tert-OH is 1. The SMILES string of the molecule is CCc1c(C2=CC3=C(COC(=O)C3O)C(=O)C(C)C2C)nc2cc(F)c(C)c3c2c1CCC3. The molecule has 0 amide bonds. The van der Waals surface area contributed by atoms with Crippen LogP contribution in [0, 0.1) is 24.6 Å². The van der Waals surface area contributed by atoms with E-state index in [4.69, 9.17) is 9.72 Å². The van der Waals surface area contributed by atoms with Crippen LogP contribution in [-0.2, 0) is 33.6 Å². The average Bonchev–Trinajstić information content (AvgIpc) is 2.90. The minimum Gasteiger partial charge on any atom is -0.458 e. The number of allylic oxidation sites excluding steroid dienone is 1. The van der Waals surface area contributed by atoms with Crippen molar-refractivity contribution in [2.45, 2.75) is 59.5 Å². The largest absolute Gasteiger partial charge is 0.458 e. The number of ketones is 1. The van der Waals surface area contributed by atoms with E-state index in [9.17, 15) is 19.1 Å². The highest BCUT2D eigenvalue weighted by Gasteiger charge is 2.39. The third kappa shape index (κ3) is 3.18. The Bertz CT molecular complexity index is 1290. The Kier molecular flexibility index (Phi) is 5.24. The predicted molar refractivity (Wildman–Crippen MR) is 123 cm³/mol. The van der Waals surface area contributed by atoms with E-state index in [0.717, 1.165) is 53.5 Å². The minimum absolute atomic E-state index is 0.126. The molecule has 2 aromatic rings. The smallest absolute Gasteiger partial charge is 0.340 e. The van der Waals surface area contributed by atoms with Gasteiger partial charge in [0.15, 0.2) is 11.9 Å². The van der Waals surface area contributed by atoms with Crippen molar-refractivity contribution in [2.75, 3.05) is 6.61 Å². The molecule has 0 radical (unpaired) electrons. The van der Waals surface area contributed by atoms with E-state index in [1.165, 1.54) is 11.6 Å². The normalized spacial score (nSPS) is 25.0. The fourth-order valence-corrected chi connectivity index (χ4v) is 5.67. The zero-order chi connectivity index (χ0) is 23.6. The molecular formula is C27H28FNO4. The fraction of sp³-hybridized carbons (Fsp3) is 0.444. The number of aromatic nitrogens is 1. The molecule has 1 aromatic heterocycles. The van der Waals surface area contributed by atoms with Crippen LogP contribution in [0.15, 0.2) is 23.3 Å². The van der Waals surface area contributed by atoms with Gasteiger partial charge in [0, 0.05) is 28.5 Å². The first-order valence-corrected chi connectivity index (χ1v) is 11.7. The molecule has 0 bridgehead atoms. The van der Waals surface area contributed by atoms with E-state index >= 15 is 0 Å². The lowest BCUT2D eigenvalue weighted by molar-refractivity contribution is -0.152. The topological polar surface area (TPSA) is 76.5 Å². The number of aryl methyl sites for hydroxylation is 2. The summed E-state index contributed by atoms with van der Waals surface area (Å²) in [4.78, 5) is 30.2. The predicted octanol–water partition coefficient (Wildman–Crippen LogP) is 4.19. The molecule has 3 aliphatic rings. The second-order valence-electron chi connectivity index (χ2n) is 9.47. The van der Waals surface area contributed by atoms with Gasteiger partial charge in [0.2, 0.25) is 0 Å². The van der Waals surface area contributed by atoms with Crippen LogP contribution < -0.4 is 0 Å². The van der Waals surface area contributed by atoms with Crippen LogP contribution >= 0.6 is 0 Å². The molecule has 1 N–H and O–H groups in total. The van der Waals surface area contributed by atoms with Gasteiger partial charge >= 0.3 is 5.97 Å². The molecule has 1 aromatic carbocycles. The fourth-order valence-electron chi connectivity index (χ4n) is 5.67. The third-order valence-corrected chi connectivity index (χ3v) is 7.78. The summed E-state index contributed by atoms with van der Waals surface area (Å²) in [5, 5.41) is 11.6. The molecular weight excluding hydrogens is 421 g/mol. The number of hydrogen-bond acceptors (Lipinski definition) is 5. The molecule has 2 heterocycles. The second kappa shape index (κ2) is 7.87. The van der Waals surface area contributed by atoms with Crippen molar-refractivity contribution < 1.29 is 23.8 Å². The summed E-state index contributed by atoms with van der Waals surface area (Å²) >= 11 is 0. The van der Waals surface area contributed by atoms with Gasteiger partial charge in [-0.1, -0.05) is 20.8 Å². The Morgan fingerprint density at radius 2 is 1.91 bits per heavy atom. The molecule has 3 atom stereocenters. The van der Waals surface area contributed by atoms with Crippen LogP contribution in [0.1, 0.15) is 55.1 Å². The number of Topliss-reactive ketones (excluding diaryl/α,β-unsaturated/α-hetero) is 1. The highest BCUT2D eigenvalue weighted by atomic mass is 19.1. The maximum Gasteiger partial charge on any atom is 0.340 e. The van der Waals surface area contributed by atoms with E-state index in [0.29, 0.717) is 22.2 Å². The van der Waals surface area contributed by atoms with Crippen molar-refractivity contribution in [1.82, 2.24) is 4.98 Å². The van der Waals surface area contributed by atoms with Gasteiger partial charge in [-0.15, -0.1) is 0 Å². The molecule has 33 heavy (non-hydrogen) atoms. The third-order valence-electron chi connectivity index (χ3n) is 7.78. The Hall–Kier alpha value is -2.86. The van der Waals surface area contributed by atoms with Gasteiger partial charge in [0.1, 0.15) is 12.4 Å². The molecule has 0 saturated carbocycles. The molecule has 2 aliphatic carbocycles. The number of benzene rings is 1. The van der Waals surface area contributed by atoms with Crippen molar-refractivity contribution in [1.29, 1.82) is 0 Å². The van der Waals surface area contributed by atoms with Crippen LogP contribution in [-0.4, -0.2) is 34.6 Å². The molecule has 0 fully saturated rings. The number of rotatable bonds is 2. The van der Waals surface area contributed by atoms with Crippen LogP contribution in [0.3, 0.4) is 0 Å². The quantitative estimate of drug-likeness (QED) is 0.696. The molecule has 3 unspecified atom stereocenters. The molecule has 6 heteroatoms. The van der Waals surface area contributed by atoms with Crippen molar-refractivity contribution in [3.8, 4) is 0 Å². The van der Waals surface area contributed by atoms with Crippen LogP contribution in [0.25, 0.3) is 16.5 Å². The zero-order valence-corrected chi connectivity index (χ0v) is 19.4. The highest BCUT2D eigenvalue weighted by Crippen LogP contribution is 2.42. The van der Waals surface area contributed by atoms with Crippen molar-refractivity contribution in [3.63, 3.8) is 0 Å². The van der Waals surface area contributed by atoms with E-state index < -0.39 is 12.1 Å². The molecule has 5 nitrogen and oxygen atoms in total. The standard InChI is InChI=1S/C27H28FNO4/c1-5-15-17-8-6-7-16-14(4)21(28)10-22(23(16)17)29-24(15)18-9-19-20(11-33-27(32)26(19)31)25(30)13(3)12(18)2/h9-10,12-13,26,31H,5-8,11H2,1-4H3. The zero-order valence-electron chi connectivity index (χ0n) is 19.4. The lowest BCUT2D eigenvalue weighted by Crippen LogP contribution is -2.34. The van der Waals surface area contributed by atoms with Gasteiger partial charge in [0.05, 0.1) is 11.2 Å². The van der Waals surface area contributed by atoms with Crippen molar-refractivity contribution >= 4 is 28.2 Å². The first-order chi connectivity index (χ1) is 15.7. The van der Waals surface area contributed by atoms with Gasteiger partial charge in [0.25, 0.3) is 0 Å². The average molecular weight is 450 g/mol. The molecule has 172 valence electrons. The summed E-state index contributed by atoms with van der Waals surface area (Å²) in [6.07, 6.45) is 3.69. The number of pyridine rings is 1. The highest BCUT2D eigenvalue weighted by molar-refractivity contribution is 6.04. The van der Waals surface area contributed by atoms with Gasteiger partial charge < -0.3 is 9.84 Å². The van der Waals surface area contributed by atoms with Crippen molar-refractivity contribution in [3.05, 3.63) is 57.1 Å². The Balaban J connectivity index is 1.82. The van der Waals surface area contributed by atoms with E-state index in [-0.39, 0.29) is 30.0 Å². The first kappa shape index (κ1) is 22.0. The molecule has 0 spiro atoms. The number of cyclic esters (lactones) is 1.